The molecule has 4 heteroatoms. The van der Waals surface area contributed by atoms with E-state index in [4.69, 9.17) is 11.6 Å². The summed E-state index contributed by atoms with van der Waals surface area (Å²) in [6.07, 6.45) is 1.31. The van der Waals surface area contributed by atoms with Crippen molar-refractivity contribution in [2.45, 2.75) is 0 Å². The summed E-state index contributed by atoms with van der Waals surface area (Å²) in [6, 6.07) is 8.89. The second kappa shape index (κ2) is 3.88. The second-order valence-electron chi connectivity index (χ2n) is 2.13. The first-order valence-corrected chi connectivity index (χ1v) is 3.64. The van der Waals surface area contributed by atoms with E-state index in [0.29, 0.717) is 0 Å². The van der Waals surface area contributed by atoms with Gasteiger partial charge in [-0.2, -0.15) is 0 Å². The lowest BCUT2D eigenvalue weighted by atomic mass is 10.2. The Bertz CT molecular complexity index is 308. The summed E-state index contributed by atoms with van der Waals surface area (Å²) in [7, 11) is 0. The maximum atomic E-state index is 10.1. The molecule has 0 fully saturated rings. The van der Waals surface area contributed by atoms with E-state index in [-0.39, 0.29) is 5.16 Å². The van der Waals surface area contributed by atoms with Gasteiger partial charge in [0.05, 0.1) is 4.92 Å². The van der Waals surface area contributed by atoms with Crippen LogP contribution in [-0.2, 0) is 0 Å². The van der Waals surface area contributed by atoms with E-state index in [9.17, 15) is 10.1 Å². The van der Waals surface area contributed by atoms with E-state index in [1.165, 1.54) is 6.08 Å². The predicted molar refractivity (Wildman–Crippen MR) is 47.3 cm³/mol. The summed E-state index contributed by atoms with van der Waals surface area (Å²) in [5.41, 5.74) is 0.721. The lowest BCUT2D eigenvalue weighted by molar-refractivity contribution is -0.410. The van der Waals surface area contributed by atoms with E-state index in [2.05, 4.69) is 0 Å². The molecule has 0 aromatic heterocycles. The maximum absolute atomic E-state index is 10.1. The van der Waals surface area contributed by atoms with Crippen LogP contribution in [0, 0.1) is 10.1 Å². The third kappa shape index (κ3) is 2.36. The minimum atomic E-state index is -0.630. The summed E-state index contributed by atoms with van der Waals surface area (Å²) in [5.74, 6) is 0. The molecule has 0 radical (unpaired) electrons. The molecule has 0 unspecified atom stereocenters. The van der Waals surface area contributed by atoms with Crippen molar-refractivity contribution in [2.24, 2.45) is 0 Å². The molecule has 1 rings (SSSR count). The standard InChI is InChI=1S/C8H6ClNO2/c9-8(10(11)12)6-7-4-2-1-3-5-7/h1-6H/b8-6-. The van der Waals surface area contributed by atoms with Gasteiger partial charge in [-0.1, -0.05) is 30.3 Å². The highest BCUT2D eigenvalue weighted by Crippen LogP contribution is 2.09. The topological polar surface area (TPSA) is 43.1 Å². The van der Waals surface area contributed by atoms with Crippen LogP contribution in [0.15, 0.2) is 35.5 Å². The van der Waals surface area contributed by atoms with Gasteiger partial charge in [-0.25, -0.2) is 0 Å². The molecule has 62 valence electrons. The minimum absolute atomic E-state index is 0.374. The number of halogens is 1. The Morgan fingerprint density at radius 3 is 2.50 bits per heavy atom. The third-order valence-corrected chi connectivity index (χ3v) is 1.51. The molecule has 0 amide bonds. The zero-order valence-electron chi connectivity index (χ0n) is 6.11. The summed E-state index contributed by atoms with van der Waals surface area (Å²) in [5, 5.41) is 9.74. The Hall–Kier alpha value is -1.35. The molecule has 0 heterocycles. The van der Waals surface area contributed by atoms with Crippen molar-refractivity contribution in [1.82, 2.24) is 0 Å². The molecule has 12 heavy (non-hydrogen) atoms. The molecule has 0 aliphatic rings. The van der Waals surface area contributed by atoms with Crippen LogP contribution in [0.25, 0.3) is 6.08 Å². The average molecular weight is 184 g/mol. The van der Waals surface area contributed by atoms with Gasteiger partial charge < -0.3 is 0 Å². The lowest BCUT2D eigenvalue weighted by Crippen LogP contribution is -1.89. The SMILES string of the molecule is O=[N+]([O-])/C(Cl)=C\c1ccccc1. The Labute approximate surface area is 74.4 Å². The predicted octanol–water partition coefficient (Wildman–Crippen LogP) is 2.50. The first kappa shape index (κ1) is 8.74. The average Bonchev–Trinajstić information content (AvgIpc) is 2.06. The van der Waals surface area contributed by atoms with Gasteiger partial charge in [0.25, 0.3) is 0 Å². The highest BCUT2D eigenvalue weighted by Gasteiger charge is 2.03. The van der Waals surface area contributed by atoms with Gasteiger partial charge in [0, 0.05) is 6.08 Å². The van der Waals surface area contributed by atoms with E-state index < -0.39 is 4.92 Å². The molecule has 0 aliphatic heterocycles. The van der Waals surface area contributed by atoms with E-state index in [0.717, 1.165) is 5.56 Å². The van der Waals surface area contributed by atoms with Crippen LogP contribution in [-0.4, -0.2) is 4.92 Å². The largest absolute Gasteiger partial charge is 0.337 e. The Morgan fingerprint density at radius 1 is 1.42 bits per heavy atom. The number of nitro groups is 1. The summed E-state index contributed by atoms with van der Waals surface area (Å²) >= 11 is 5.31. The van der Waals surface area contributed by atoms with Gasteiger partial charge in [0.2, 0.25) is 0 Å². The Kier molecular flexibility index (Phi) is 2.82. The Balaban J connectivity index is 2.89. The highest BCUT2D eigenvalue weighted by atomic mass is 35.5. The fraction of sp³-hybridized carbons (Fsp3) is 0. The Morgan fingerprint density at radius 2 is 2.00 bits per heavy atom. The number of hydrogen-bond acceptors (Lipinski definition) is 2. The molecule has 0 bridgehead atoms. The first-order chi connectivity index (χ1) is 5.70. The summed E-state index contributed by atoms with van der Waals surface area (Å²) in [4.78, 5) is 9.48. The first-order valence-electron chi connectivity index (χ1n) is 3.27. The van der Waals surface area contributed by atoms with Crippen molar-refractivity contribution in [3.63, 3.8) is 0 Å². The molecule has 0 saturated heterocycles. The quantitative estimate of drug-likeness (QED) is 0.402. The second-order valence-corrected chi connectivity index (χ2v) is 2.52. The maximum Gasteiger partial charge on any atom is 0.337 e. The molecule has 3 nitrogen and oxygen atoms in total. The van der Waals surface area contributed by atoms with Crippen molar-refractivity contribution in [3.8, 4) is 0 Å². The van der Waals surface area contributed by atoms with Crippen molar-refractivity contribution in [1.29, 1.82) is 0 Å². The monoisotopic (exact) mass is 183 g/mol. The van der Waals surface area contributed by atoms with Gasteiger partial charge in [-0.3, -0.25) is 10.1 Å². The van der Waals surface area contributed by atoms with Gasteiger partial charge in [0.15, 0.2) is 0 Å². The van der Waals surface area contributed by atoms with Crippen LogP contribution >= 0.6 is 11.6 Å². The molecule has 1 aromatic rings. The number of hydrogen-bond donors (Lipinski definition) is 0. The van der Waals surface area contributed by atoms with Gasteiger partial charge in [-0.05, 0) is 17.2 Å². The van der Waals surface area contributed by atoms with Crippen LogP contribution in [0.3, 0.4) is 0 Å². The number of nitrogens with zero attached hydrogens (tertiary/aromatic N) is 1. The van der Waals surface area contributed by atoms with E-state index in [1.54, 1.807) is 24.3 Å². The van der Waals surface area contributed by atoms with Crippen molar-refractivity contribution >= 4 is 17.7 Å². The molecule has 0 atom stereocenters. The molecular formula is C8H6ClNO2. The fourth-order valence-corrected chi connectivity index (χ4v) is 0.865. The van der Waals surface area contributed by atoms with Crippen LogP contribution < -0.4 is 0 Å². The van der Waals surface area contributed by atoms with Gasteiger partial charge in [0.1, 0.15) is 0 Å². The zero-order valence-corrected chi connectivity index (χ0v) is 6.86. The van der Waals surface area contributed by atoms with Gasteiger partial charge >= 0.3 is 5.16 Å². The molecule has 0 spiro atoms. The highest BCUT2D eigenvalue weighted by molar-refractivity contribution is 6.29. The van der Waals surface area contributed by atoms with Crippen LogP contribution in [0.4, 0.5) is 0 Å². The fourth-order valence-electron chi connectivity index (χ4n) is 0.739. The normalized spacial score (nSPS) is 11.2. The molecule has 1 aromatic carbocycles. The molecular weight excluding hydrogens is 178 g/mol. The molecule has 0 aliphatic carbocycles. The lowest BCUT2D eigenvalue weighted by Gasteiger charge is -1.89. The van der Waals surface area contributed by atoms with E-state index in [1.807, 2.05) is 6.07 Å². The van der Waals surface area contributed by atoms with Crippen molar-refractivity contribution < 1.29 is 4.92 Å². The number of rotatable bonds is 2. The zero-order chi connectivity index (χ0) is 8.97. The molecule has 0 saturated carbocycles. The third-order valence-electron chi connectivity index (χ3n) is 1.26. The minimum Gasteiger partial charge on any atom is -0.257 e. The van der Waals surface area contributed by atoms with Crippen LogP contribution in [0.5, 0.6) is 0 Å². The van der Waals surface area contributed by atoms with Crippen LogP contribution in [0.2, 0.25) is 0 Å². The van der Waals surface area contributed by atoms with Crippen molar-refractivity contribution in [2.75, 3.05) is 0 Å². The van der Waals surface area contributed by atoms with Crippen molar-refractivity contribution in [3.05, 3.63) is 51.2 Å². The summed E-state index contributed by atoms with van der Waals surface area (Å²) < 4.78 is 0. The van der Waals surface area contributed by atoms with Gasteiger partial charge in [-0.15, -0.1) is 0 Å². The summed E-state index contributed by atoms with van der Waals surface area (Å²) in [6.45, 7) is 0. The van der Waals surface area contributed by atoms with E-state index >= 15 is 0 Å². The smallest absolute Gasteiger partial charge is 0.257 e. The van der Waals surface area contributed by atoms with Crippen LogP contribution in [0.1, 0.15) is 5.56 Å². The molecule has 0 N–H and O–H groups in total. The number of benzene rings is 1.